The SMILES string of the molecule is CC(NC(=O)CCc1c(-c2ccc(Br)cc2)nc2ccccn12)c1ccccc1. The van der Waals surface area contributed by atoms with Gasteiger partial charge in [-0.1, -0.05) is 64.5 Å². The molecule has 1 amide bonds. The third kappa shape index (κ3) is 4.40. The molecule has 0 aliphatic heterocycles. The first-order chi connectivity index (χ1) is 14.1. The summed E-state index contributed by atoms with van der Waals surface area (Å²) in [5.41, 5.74) is 5.01. The van der Waals surface area contributed by atoms with Crippen LogP contribution in [0.5, 0.6) is 0 Å². The van der Waals surface area contributed by atoms with Gasteiger partial charge < -0.3 is 9.72 Å². The van der Waals surface area contributed by atoms with Crippen molar-refractivity contribution in [2.45, 2.75) is 25.8 Å². The number of imidazole rings is 1. The molecule has 1 N–H and O–H groups in total. The Morgan fingerprint density at radius 3 is 2.52 bits per heavy atom. The van der Waals surface area contributed by atoms with E-state index in [2.05, 4.69) is 25.6 Å². The summed E-state index contributed by atoms with van der Waals surface area (Å²) in [4.78, 5) is 17.4. The van der Waals surface area contributed by atoms with Crippen LogP contribution in [0.15, 0.2) is 83.5 Å². The van der Waals surface area contributed by atoms with Gasteiger partial charge in [0.15, 0.2) is 0 Å². The van der Waals surface area contributed by atoms with Crippen LogP contribution >= 0.6 is 15.9 Å². The van der Waals surface area contributed by atoms with E-state index in [0.29, 0.717) is 12.8 Å². The maximum absolute atomic E-state index is 12.6. The maximum Gasteiger partial charge on any atom is 0.220 e. The molecule has 0 aliphatic rings. The Morgan fingerprint density at radius 2 is 1.76 bits per heavy atom. The number of fused-ring (bicyclic) bond motifs is 1. The number of hydrogen-bond donors (Lipinski definition) is 1. The van der Waals surface area contributed by atoms with Crippen molar-refractivity contribution in [3.05, 3.63) is 94.7 Å². The zero-order valence-electron chi connectivity index (χ0n) is 16.2. The smallest absolute Gasteiger partial charge is 0.220 e. The standard InChI is InChI=1S/C24H22BrN3O/c1-17(18-7-3-2-4-8-18)26-23(29)15-14-21-24(19-10-12-20(25)13-11-19)27-22-9-5-6-16-28(21)22/h2-13,16-17H,14-15H2,1H3,(H,26,29). The Labute approximate surface area is 178 Å². The van der Waals surface area contributed by atoms with Crippen LogP contribution in [0.4, 0.5) is 0 Å². The lowest BCUT2D eigenvalue weighted by atomic mass is 10.1. The lowest BCUT2D eigenvalue weighted by Gasteiger charge is -2.14. The number of amides is 1. The molecule has 0 bridgehead atoms. The molecular formula is C24H22BrN3O. The summed E-state index contributed by atoms with van der Waals surface area (Å²) < 4.78 is 3.10. The van der Waals surface area contributed by atoms with E-state index >= 15 is 0 Å². The Hall–Kier alpha value is -2.92. The normalized spacial score (nSPS) is 12.1. The van der Waals surface area contributed by atoms with Gasteiger partial charge in [-0.25, -0.2) is 4.98 Å². The van der Waals surface area contributed by atoms with Crippen LogP contribution < -0.4 is 5.32 Å². The molecule has 0 aliphatic carbocycles. The quantitative estimate of drug-likeness (QED) is 0.419. The number of rotatable bonds is 6. The summed E-state index contributed by atoms with van der Waals surface area (Å²) in [6.07, 6.45) is 3.03. The van der Waals surface area contributed by atoms with Crippen molar-refractivity contribution in [1.29, 1.82) is 0 Å². The van der Waals surface area contributed by atoms with E-state index in [1.54, 1.807) is 0 Å². The predicted molar refractivity (Wildman–Crippen MR) is 120 cm³/mol. The number of hydrogen-bond acceptors (Lipinski definition) is 2. The second kappa shape index (κ2) is 8.62. The van der Waals surface area contributed by atoms with Crippen molar-refractivity contribution in [3.63, 3.8) is 0 Å². The first kappa shape index (κ1) is 19.4. The zero-order valence-corrected chi connectivity index (χ0v) is 17.8. The van der Waals surface area contributed by atoms with E-state index in [9.17, 15) is 4.79 Å². The second-order valence-corrected chi connectivity index (χ2v) is 7.96. The van der Waals surface area contributed by atoms with Gasteiger partial charge in [0.25, 0.3) is 0 Å². The highest BCUT2D eigenvalue weighted by Gasteiger charge is 2.16. The third-order valence-corrected chi connectivity index (χ3v) is 5.54. The largest absolute Gasteiger partial charge is 0.350 e. The van der Waals surface area contributed by atoms with Crippen LogP contribution in [-0.4, -0.2) is 15.3 Å². The Kier molecular flexibility index (Phi) is 5.76. The minimum atomic E-state index is -0.0168. The lowest BCUT2D eigenvalue weighted by Crippen LogP contribution is -2.26. The van der Waals surface area contributed by atoms with Gasteiger partial charge in [-0.15, -0.1) is 0 Å². The van der Waals surface area contributed by atoms with Crippen LogP contribution in [0.2, 0.25) is 0 Å². The number of nitrogens with one attached hydrogen (secondary N) is 1. The highest BCUT2D eigenvalue weighted by molar-refractivity contribution is 9.10. The van der Waals surface area contributed by atoms with Crippen LogP contribution in [0.1, 0.15) is 30.6 Å². The molecule has 146 valence electrons. The molecule has 5 heteroatoms. The molecule has 4 aromatic rings. The van der Waals surface area contributed by atoms with E-state index < -0.39 is 0 Å². The molecule has 0 radical (unpaired) electrons. The average molecular weight is 448 g/mol. The fraction of sp³-hybridized carbons (Fsp3) is 0.167. The van der Waals surface area contributed by atoms with E-state index in [0.717, 1.165) is 32.6 Å². The van der Waals surface area contributed by atoms with Gasteiger partial charge in [0, 0.05) is 22.7 Å². The number of carbonyl (C=O) groups excluding carboxylic acids is 1. The van der Waals surface area contributed by atoms with Crippen LogP contribution in [0, 0.1) is 0 Å². The molecule has 2 heterocycles. The summed E-state index contributed by atoms with van der Waals surface area (Å²) in [5, 5.41) is 3.10. The summed E-state index contributed by atoms with van der Waals surface area (Å²) in [7, 11) is 0. The molecule has 1 atom stereocenters. The Morgan fingerprint density at radius 1 is 1.03 bits per heavy atom. The fourth-order valence-corrected chi connectivity index (χ4v) is 3.76. The molecule has 4 rings (SSSR count). The average Bonchev–Trinajstić information content (AvgIpc) is 3.12. The van der Waals surface area contributed by atoms with E-state index in [1.807, 2.05) is 85.9 Å². The monoisotopic (exact) mass is 447 g/mol. The topological polar surface area (TPSA) is 46.4 Å². The van der Waals surface area contributed by atoms with Crippen LogP contribution in [0.3, 0.4) is 0 Å². The number of aryl methyl sites for hydroxylation is 1. The van der Waals surface area contributed by atoms with Gasteiger partial charge in [-0.2, -0.15) is 0 Å². The molecule has 2 aromatic carbocycles. The summed E-state index contributed by atoms with van der Waals surface area (Å²) >= 11 is 3.48. The molecule has 0 spiro atoms. The highest BCUT2D eigenvalue weighted by atomic mass is 79.9. The van der Waals surface area contributed by atoms with Crippen LogP contribution in [0.25, 0.3) is 16.9 Å². The Bertz CT molecular complexity index is 1120. The highest BCUT2D eigenvalue weighted by Crippen LogP contribution is 2.27. The van der Waals surface area contributed by atoms with Crippen molar-refractivity contribution in [1.82, 2.24) is 14.7 Å². The molecule has 0 fully saturated rings. The minimum absolute atomic E-state index is 0.0168. The number of carbonyl (C=O) groups is 1. The summed E-state index contributed by atoms with van der Waals surface area (Å²) in [6, 6.07) is 24.1. The van der Waals surface area contributed by atoms with E-state index in [1.165, 1.54) is 0 Å². The Balaban J connectivity index is 1.55. The predicted octanol–water partition coefficient (Wildman–Crippen LogP) is 5.57. The van der Waals surface area contributed by atoms with Gasteiger partial charge >= 0.3 is 0 Å². The first-order valence-electron chi connectivity index (χ1n) is 9.68. The van der Waals surface area contributed by atoms with Crippen molar-refractivity contribution in [2.75, 3.05) is 0 Å². The van der Waals surface area contributed by atoms with Gasteiger partial charge in [0.05, 0.1) is 17.4 Å². The van der Waals surface area contributed by atoms with Gasteiger partial charge in [-0.3, -0.25) is 4.79 Å². The van der Waals surface area contributed by atoms with Crippen molar-refractivity contribution in [3.8, 4) is 11.3 Å². The first-order valence-corrected chi connectivity index (χ1v) is 10.5. The van der Waals surface area contributed by atoms with Gasteiger partial charge in [0.1, 0.15) is 5.65 Å². The van der Waals surface area contributed by atoms with Gasteiger partial charge in [0.2, 0.25) is 5.91 Å². The number of nitrogens with zero attached hydrogens (tertiary/aromatic N) is 2. The van der Waals surface area contributed by atoms with Crippen LogP contribution in [-0.2, 0) is 11.2 Å². The van der Waals surface area contributed by atoms with E-state index in [4.69, 9.17) is 4.98 Å². The van der Waals surface area contributed by atoms with E-state index in [-0.39, 0.29) is 11.9 Å². The lowest BCUT2D eigenvalue weighted by molar-refractivity contribution is -0.121. The molecule has 2 aromatic heterocycles. The molecule has 0 saturated carbocycles. The van der Waals surface area contributed by atoms with Crippen molar-refractivity contribution >= 4 is 27.5 Å². The second-order valence-electron chi connectivity index (χ2n) is 7.04. The summed E-state index contributed by atoms with van der Waals surface area (Å²) in [6.45, 7) is 2.01. The number of pyridine rings is 1. The zero-order chi connectivity index (χ0) is 20.2. The molecule has 0 saturated heterocycles. The number of halogens is 1. The third-order valence-electron chi connectivity index (χ3n) is 5.01. The van der Waals surface area contributed by atoms with Crippen molar-refractivity contribution < 1.29 is 4.79 Å². The maximum atomic E-state index is 12.6. The van der Waals surface area contributed by atoms with Crippen molar-refractivity contribution in [2.24, 2.45) is 0 Å². The number of benzene rings is 2. The molecule has 29 heavy (non-hydrogen) atoms. The van der Waals surface area contributed by atoms with Gasteiger partial charge in [-0.05, 0) is 43.2 Å². The molecule has 1 unspecified atom stereocenters. The molecule has 4 nitrogen and oxygen atoms in total. The minimum Gasteiger partial charge on any atom is -0.350 e. The molecular weight excluding hydrogens is 426 g/mol. The fourth-order valence-electron chi connectivity index (χ4n) is 3.50. The number of aromatic nitrogens is 2. The summed E-state index contributed by atoms with van der Waals surface area (Å²) in [5.74, 6) is 0.0361.